The molecule has 1 aliphatic carbocycles. The lowest BCUT2D eigenvalue weighted by Gasteiger charge is -2.43. The molecule has 0 spiro atoms. The van der Waals surface area contributed by atoms with Crippen LogP contribution in [0, 0.1) is 17.8 Å². The van der Waals surface area contributed by atoms with Crippen LogP contribution >= 0.6 is 11.6 Å². The third-order valence-corrected chi connectivity index (χ3v) is 8.11. The molecule has 5 nitrogen and oxygen atoms in total. The third kappa shape index (κ3) is 6.08. The summed E-state index contributed by atoms with van der Waals surface area (Å²) in [5, 5.41) is 4.50. The van der Waals surface area contributed by atoms with Gasteiger partial charge in [0.25, 0.3) is 0 Å². The predicted molar refractivity (Wildman–Crippen MR) is 143 cm³/mol. The Morgan fingerprint density at radius 3 is 2.44 bits per heavy atom. The first-order chi connectivity index (χ1) is 16.1. The molecule has 3 rings (SSSR count). The van der Waals surface area contributed by atoms with E-state index in [-0.39, 0.29) is 17.6 Å². The van der Waals surface area contributed by atoms with E-state index in [0.29, 0.717) is 17.8 Å². The van der Waals surface area contributed by atoms with E-state index in [2.05, 4.69) is 57.0 Å². The quantitative estimate of drug-likeness (QED) is 0.367. The van der Waals surface area contributed by atoms with E-state index >= 15 is 0 Å². The Bertz CT molecular complexity index is 831. The second kappa shape index (κ2) is 11.3. The Kier molecular flexibility index (Phi) is 8.94. The molecular formula is C28H44ClN3O2. The molecule has 0 aromatic heterocycles. The predicted octanol–water partition coefficient (Wildman–Crippen LogP) is 6.81. The third-order valence-electron chi connectivity index (χ3n) is 7.86. The number of aliphatic imine (C=N–C) groups is 1. The molecular weight excluding hydrogens is 446 g/mol. The van der Waals surface area contributed by atoms with Crippen LogP contribution < -0.4 is 5.32 Å². The summed E-state index contributed by atoms with van der Waals surface area (Å²) < 4.78 is 5.31. The maximum absolute atomic E-state index is 13.1. The highest BCUT2D eigenvalue weighted by Crippen LogP contribution is 2.43. The molecule has 2 atom stereocenters. The zero-order chi connectivity index (χ0) is 24.9. The lowest BCUT2D eigenvalue weighted by atomic mass is 9.70. The van der Waals surface area contributed by atoms with Crippen molar-refractivity contribution < 1.29 is 9.53 Å². The normalized spacial score (nSPS) is 27.3. The minimum absolute atomic E-state index is 0.0108. The van der Waals surface area contributed by atoms with Crippen molar-refractivity contribution in [2.45, 2.75) is 96.7 Å². The Labute approximate surface area is 211 Å². The minimum Gasteiger partial charge on any atom is -0.467 e. The molecule has 2 unspecified atom stereocenters. The number of esters is 1. The van der Waals surface area contributed by atoms with E-state index in [1.54, 1.807) is 0 Å². The maximum atomic E-state index is 13.1. The van der Waals surface area contributed by atoms with Gasteiger partial charge in [-0.1, -0.05) is 45.2 Å². The Morgan fingerprint density at radius 1 is 1.24 bits per heavy atom. The zero-order valence-corrected chi connectivity index (χ0v) is 22.7. The number of hydrogen-bond acceptors (Lipinski definition) is 5. The number of carbonyl (C=O) groups excluding carboxylic acids is 1. The van der Waals surface area contributed by atoms with Crippen LogP contribution in [0.2, 0.25) is 5.02 Å². The van der Waals surface area contributed by atoms with E-state index < -0.39 is 5.54 Å². The number of ether oxygens (including phenoxy) is 1. The first-order valence-corrected chi connectivity index (χ1v) is 13.4. The van der Waals surface area contributed by atoms with Gasteiger partial charge in [-0.05, 0) is 88.0 Å². The smallest absolute Gasteiger partial charge is 0.335 e. The number of halogens is 1. The van der Waals surface area contributed by atoms with Crippen LogP contribution in [0.3, 0.4) is 0 Å². The van der Waals surface area contributed by atoms with Crippen LogP contribution in [0.25, 0.3) is 0 Å². The molecule has 34 heavy (non-hydrogen) atoms. The lowest BCUT2D eigenvalue weighted by Crippen LogP contribution is -2.53. The average molecular weight is 490 g/mol. The van der Waals surface area contributed by atoms with Gasteiger partial charge in [-0.2, -0.15) is 0 Å². The molecule has 0 radical (unpaired) electrons. The van der Waals surface area contributed by atoms with Gasteiger partial charge in [0.2, 0.25) is 0 Å². The number of nitrogens with zero attached hydrogens (tertiary/aromatic N) is 2. The summed E-state index contributed by atoms with van der Waals surface area (Å²) in [6, 6.07) is 8.07. The van der Waals surface area contributed by atoms with E-state index in [1.807, 2.05) is 18.5 Å². The molecule has 190 valence electrons. The summed E-state index contributed by atoms with van der Waals surface area (Å²) in [5.74, 6) is 1.40. The van der Waals surface area contributed by atoms with Crippen molar-refractivity contribution in [2.24, 2.45) is 22.7 Å². The van der Waals surface area contributed by atoms with Crippen LogP contribution in [-0.4, -0.2) is 48.0 Å². The summed E-state index contributed by atoms with van der Waals surface area (Å²) in [5.41, 5.74) is 0.354. The fraction of sp³-hybridized carbons (Fsp3) is 0.714. The molecule has 0 bridgehead atoms. The fourth-order valence-electron chi connectivity index (χ4n) is 6.12. The molecule has 1 aliphatic heterocycles. The van der Waals surface area contributed by atoms with Gasteiger partial charge in [-0.15, -0.1) is 0 Å². The molecule has 1 aromatic rings. The molecule has 6 heteroatoms. The number of anilines is 1. The highest BCUT2D eigenvalue weighted by Gasteiger charge is 2.53. The van der Waals surface area contributed by atoms with Crippen molar-refractivity contribution in [3.8, 4) is 0 Å². The van der Waals surface area contributed by atoms with Crippen LogP contribution in [-0.2, 0) is 9.53 Å². The molecule has 2 aliphatic rings. The molecule has 1 aromatic carbocycles. The van der Waals surface area contributed by atoms with E-state index in [0.717, 1.165) is 36.5 Å². The van der Waals surface area contributed by atoms with Gasteiger partial charge in [0.15, 0.2) is 5.54 Å². The first kappa shape index (κ1) is 26.8. The Morgan fingerprint density at radius 2 is 1.88 bits per heavy atom. The molecule has 1 fully saturated rings. The SMILES string of the molecule is CCCN1C=NC(CC(C)C)(C(=O)OC)C1CC1CCC(C(C)(C)Nc2ccc(Cl)cc2)CC1. The highest BCUT2D eigenvalue weighted by molar-refractivity contribution is 6.30. The average Bonchev–Trinajstić information content (AvgIpc) is 3.12. The van der Waals surface area contributed by atoms with Gasteiger partial charge < -0.3 is 15.0 Å². The van der Waals surface area contributed by atoms with Crippen molar-refractivity contribution in [1.29, 1.82) is 0 Å². The van der Waals surface area contributed by atoms with E-state index in [1.165, 1.54) is 32.8 Å². The number of nitrogens with one attached hydrogen (secondary N) is 1. The van der Waals surface area contributed by atoms with E-state index in [4.69, 9.17) is 21.3 Å². The van der Waals surface area contributed by atoms with Crippen LogP contribution in [0.1, 0.15) is 79.6 Å². The number of hydrogen-bond donors (Lipinski definition) is 1. The van der Waals surface area contributed by atoms with Gasteiger partial charge in [0, 0.05) is 22.8 Å². The van der Waals surface area contributed by atoms with Gasteiger partial charge in [0.1, 0.15) is 0 Å². The summed E-state index contributed by atoms with van der Waals surface area (Å²) >= 11 is 6.05. The zero-order valence-electron chi connectivity index (χ0n) is 21.9. The van der Waals surface area contributed by atoms with Crippen molar-refractivity contribution >= 4 is 29.6 Å². The summed E-state index contributed by atoms with van der Waals surface area (Å²) in [6.45, 7) is 12.1. The first-order valence-electron chi connectivity index (χ1n) is 13.0. The second-order valence-electron chi connectivity index (χ2n) is 11.3. The molecule has 1 saturated carbocycles. The van der Waals surface area contributed by atoms with Crippen LogP contribution in [0.4, 0.5) is 5.69 Å². The Hall–Kier alpha value is -1.75. The maximum Gasteiger partial charge on any atom is 0.335 e. The van der Waals surface area contributed by atoms with Gasteiger partial charge in [-0.25, -0.2) is 4.79 Å². The topological polar surface area (TPSA) is 53.9 Å². The van der Waals surface area contributed by atoms with Gasteiger partial charge >= 0.3 is 5.97 Å². The van der Waals surface area contributed by atoms with Crippen molar-refractivity contribution in [3.05, 3.63) is 29.3 Å². The molecule has 1 heterocycles. The fourth-order valence-corrected chi connectivity index (χ4v) is 6.25. The van der Waals surface area contributed by atoms with E-state index in [9.17, 15) is 4.79 Å². The van der Waals surface area contributed by atoms with Gasteiger partial charge in [-0.3, -0.25) is 4.99 Å². The monoisotopic (exact) mass is 489 g/mol. The van der Waals surface area contributed by atoms with Crippen molar-refractivity contribution in [1.82, 2.24) is 4.90 Å². The molecule has 0 amide bonds. The van der Waals surface area contributed by atoms with Crippen LogP contribution in [0.15, 0.2) is 29.3 Å². The summed E-state index contributed by atoms with van der Waals surface area (Å²) in [7, 11) is 1.50. The minimum atomic E-state index is -0.773. The number of carbonyl (C=O) groups is 1. The highest BCUT2D eigenvalue weighted by atomic mass is 35.5. The summed E-state index contributed by atoms with van der Waals surface area (Å²) in [4.78, 5) is 20.2. The molecule has 0 saturated heterocycles. The number of rotatable bonds is 10. The van der Waals surface area contributed by atoms with Crippen molar-refractivity contribution in [3.63, 3.8) is 0 Å². The van der Waals surface area contributed by atoms with Crippen molar-refractivity contribution in [2.75, 3.05) is 19.0 Å². The summed E-state index contributed by atoms with van der Waals surface area (Å²) in [6.07, 6.45) is 9.45. The Balaban J connectivity index is 1.67. The lowest BCUT2D eigenvalue weighted by molar-refractivity contribution is -0.149. The molecule has 1 N–H and O–H groups in total. The number of benzene rings is 1. The largest absolute Gasteiger partial charge is 0.467 e. The van der Waals surface area contributed by atoms with Gasteiger partial charge in [0.05, 0.1) is 19.5 Å². The second-order valence-corrected chi connectivity index (χ2v) is 11.8. The van der Waals surface area contributed by atoms with Crippen LogP contribution in [0.5, 0.6) is 0 Å². The standard InChI is InChI=1S/C28H44ClN3O2/c1-7-16-32-19-30-28(18-20(2)3,26(33)34-6)25(32)17-21-8-10-22(11-9-21)27(4,5)31-24-14-12-23(29)13-15-24/h12-15,19-22,25,31H,7-11,16-18H2,1-6H3. The number of methoxy groups -OCH3 is 1.